The summed E-state index contributed by atoms with van der Waals surface area (Å²) in [6.45, 7) is 4.26. The lowest BCUT2D eigenvalue weighted by molar-refractivity contribution is -0.145. The van der Waals surface area contributed by atoms with Crippen LogP contribution in [0.15, 0.2) is 0 Å². The van der Waals surface area contributed by atoms with Crippen molar-refractivity contribution in [2.24, 2.45) is 5.92 Å². The third-order valence-electron chi connectivity index (χ3n) is 2.68. The standard InChI is InChI=1S/C12H24O2.ClH/c1-4-6-7-8-9-10-11(5-2)12(13)14-3;/h11H,4-10H2,1-3H3;1H. The summed E-state index contributed by atoms with van der Waals surface area (Å²) in [7, 11) is 1.47. The highest BCUT2D eigenvalue weighted by atomic mass is 35.5. The number of methoxy groups -OCH3 is 1. The van der Waals surface area contributed by atoms with Gasteiger partial charge in [-0.05, 0) is 12.8 Å². The number of ether oxygens (including phenoxy) is 1. The molecule has 2 nitrogen and oxygen atoms in total. The molecule has 0 heterocycles. The van der Waals surface area contributed by atoms with Crippen molar-refractivity contribution in [2.45, 2.75) is 58.8 Å². The minimum atomic E-state index is -0.0389. The van der Waals surface area contributed by atoms with Gasteiger partial charge in [-0.2, -0.15) is 0 Å². The Hall–Kier alpha value is -0.240. The molecule has 92 valence electrons. The van der Waals surface area contributed by atoms with Gasteiger partial charge in [0.2, 0.25) is 0 Å². The van der Waals surface area contributed by atoms with Crippen LogP contribution in [0.4, 0.5) is 0 Å². The van der Waals surface area contributed by atoms with Crippen LogP contribution in [0.25, 0.3) is 0 Å². The molecule has 0 fully saturated rings. The second-order valence-corrected chi connectivity index (χ2v) is 3.83. The minimum absolute atomic E-state index is 0. The Labute approximate surface area is 100 Å². The van der Waals surface area contributed by atoms with Crippen molar-refractivity contribution in [3.05, 3.63) is 0 Å². The summed E-state index contributed by atoms with van der Waals surface area (Å²) in [5.74, 6) is 0.0876. The van der Waals surface area contributed by atoms with Gasteiger partial charge in [-0.25, -0.2) is 0 Å². The maximum Gasteiger partial charge on any atom is 0.308 e. The molecule has 0 N–H and O–H groups in total. The van der Waals surface area contributed by atoms with Gasteiger partial charge in [-0.1, -0.05) is 46.0 Å². The second-order valence-electron chi connectivity index (χ2n) is 3.83. The third-order valence-corrected chi connectivity index (χ3v) is 2.68. The first kappa shape index (κ1) is 17.2. The molecule has 0 saturated heterocycles. The number of esters is 1. The van der Waals surface area contributed by atoms with E-state index >= 15 is 0 Å². The first-order valence-electron chi connectivity index (χ1n) is 5.84. The van der Waals surface area contributed by atoms with E-state index in [1.165, 1.54) is 32.8 Å². The molecule has 0 saturated carbocycles. The maximum absolute atomic E-state index is 11.2. The van der Waals surface area contributed by atoms with E-state index in [9.17, 15) is 4.79 Å². The highest BCUT2D eigenvalue weighted by Crippen LogP contribution is 2.15. The summed E-state index contributed by atoms with van der Waals surface area (Å²) in [4.78, 5) is 11.2. The van der Waals surface area contributed by atoms with Crippen LogP contribution in [-0.4, -0.2) is 13.1 Å². The van der Waals surface area contributed by atoms with Gasteiger partial charge in [0.15, 0.2) is 0 Å². The normalized spacial score (nSPS) is 11.7. The van der Waals surface area contributed by atoms with Crippen molar-refractivity contribution in [3.63, 3.8) is 0 Å². The molecule has 0 bridgehead atoms. The summed E-state index contributed by atoms with van der Waals surface area (Å²) >= 11 is 0. The number of carbonyl (C=O) groups is 1. The number of halogens is 1. The van der Waals surface area contributed by atoms with Gasteiger partial charge < -0.3 is 4.74 Å². The number of hydrogen-bond donors (Lipinski definition) is 0. The molecule has 3 heteroatoms. The van der Waals surface area contributed by atoms with Gasteiger partial charge >= 0.3 is 5.97 Å². The molecule has 0 aromatic carbocycles. The summed E-state index contributed by atoms with van der Waals surface area (Å²) in [6, 6.07) is 0. The summed E-state index contributed by atoms with van der Waals surface area (Å²) in [6.07, 6.45) is 8.19. The van der Waals surface area contributed by atoms with Crippen molar-refractivity contribution in [2.75, 3.05) is 7.11 Å². The zero-order valence-electron chi connectivity index (χ0n) is 10.3. The molecule has 0 radical (unpaired) electrons. The molecule has 15 heavy (non-hydrogen) atoms. The Kier molecular flexibility index (Phi) is 13.5. The molecular weight excluding hydrogens is 212 g/mol. The van der Waals surface area contributed by atoms with Crippen LogP contribution in [-0.2, 0) is 9.53 Å². The SMILES string of the molecule is CCCCCCCC(CC)C(=O)OC.Cl. The van der Waals surface area contributed by atoms with E-state index in [1.54, 1.807) is 0 Å². The van der Waals surface area contributed by atoms with E-state index in [2.05, 4.69) is 6.92 Å². The first-order chi connectivity index (χ1) is 6.76. The van der Waals surface area contributed by atoms with Gasteiger partial charge in [-0.3, -0.25) is 4.79 Å². The van der Waals surface area contributed by atoms with Crippen LogP contribution in [0.2, 0.25) is 0 Å². The number of carbonyl (C=O) groups excluding carboxylic acids is 1. The highest BCUT2D eigenvalue weighted by Gasteiger charge is 2.15. The van der Waals surface area contributed by atoms with Gasteiger partial charge in [0.25, 0.3) is 0 Å². The Bertz CT molecular complexity index is 149. The summed E-state index contributed by atoms with van der Waals surface area (Å²) in [5, 5.41) is 0. The predicted molar refractivity (Wildman–Crippen MR) is 66.4 cm³/mol. The van der Waals surface area contributed by atoms with Crippen molar-refractivity contribution >= 4 is 18.4 Å². The molecule has 0 aliphatic heterocycles. The van der Waals surface area contributed by atoms with Crippen LogP contribution >= 0.6 is 12.4 Å². The number of rotatable bonds is 8. The molecule has 0 amide bonds. The van der Waals surface area contributed by atoms with Crippen LogP contribution in [0.1, 0.15) is 58.8 Å². The fraction of sp³-hybridized carbons (Fsp3) is 0.917. The van der Waals surface area contributed by atoms with E-state index in [0.717, 1.165) is 19.3 Å². The largest absolute Gasteiger partial charge is 0.469 e. The fourth-order valence-electron chi connectivity index (χ4n) is 1.65. The third kappa shape index (κ3) is 8.73. The van der Waals surface area contributed by atoms with E-state index in [4.69, 9.17) is 4.74 Å². The lowest BCUT2D eigenvalue weighted by Crippen LogP contribution is -2.15. The Balaban J connectivity index is 0. The maximum atomic E-state index is 11.2. The van der Waals surface area contributed by atoms with Crippen LogP contribution in [0.5, 0.6) is 0 Å². The molecule has 0 aliphatic rings. The second kappa shape index (κ2) is 11.8. The van der Waals surface area contributed by atoms with Gasteiger partial charge in [-0.15, -0.1) is 12.4 Å². The van der Waals surface area contributed by atoms with E-state index in [1.807, 2.05) is 6.92 Å². The quantitative estimate of drug-likeness (QED) is 0.471. The topological polar surface area (TPSA) is 26.3 Å². The lowest BCUT2D eigenvalue weighted by Gasteiger charge is -2.11. The zero-order chi connectivity index (χ0) is 10.8. The molecule has 0 aliphatic carbocycles. The molecule has 1 atom stereocenters. The summed E-state index contributed by atoms with van der Waals surface area (Å²) < 4.78 is 4.74. The van der Waals surface area contributed by atoms with Crippen LogP contribution in [0.3, 0.4) is 0 Å². The molecule has 0 rings (SSSR count). The smallest absolute Gasteiger partial charge is 0.308 e. The first-order valence-corrected chi connectivity index (χ1v) is 5.84. The Morgan fingerprint density at radius 3 is 2.20 bits per heavy atom. The van der Waals surface area contributed by atoms with E-state index in [-0.39, 0.29) is 24.3 Å². The average Bonchev–Trinajstić information content (AvgIpc) is 2.22. The van der Waals surface area contributed by atoms with Crippen molar-refractivity contribution in [3.8, 4) is 0 Å². The minimum Gasteiger partial charge on any atom is -0.469 e. The monoisotopic (exact) mass is 236 g/mol. The van der Waals surface area contributed by atoms with Gasteiger partial charge in [0.05, 0.1) is 13.0 Å². The molecule has 0 aromatic heterocycles. The van der Waals surface area contributed by atoms with Crippen molar-refractivity contribution in [1.29, 1.82) is 0 Å². The van der Waals surface area contributed by atoms with E-state index < -0.39 is 0 Å². The van der Waals surface area contributed by atoms with Crippen LogP contribution in [0, 0.1) is 5.92 Å². The van der Waals surface area contributed by atoms with Crippen LogP contribution < -0.4 is 0 Å². The zero-order valence-corrected chi connectivity index (χ0v) is 11.1. The number of unbranched alkanes of at least 4 members (excludes halogenated alkanes) is 4. The molecular formula is C12H25ClO2. The Morgan fingerprint density at radius 1 is 1.13 bits per heavy atom. The highest BCUT2D eigenvalue weighted by molar-refractivity contribution is 5.85. The lowest BCUT2D eigenvalue weighted by atomic mass is 9.98. The van der Waals surface area contributed by atoms with E-state index in [0.29, 0.717) is 0 Å². The predicted octanol–water partition coefficient (Wildman–Crippen LogP) is 3.97. The van der Waals surface area contributed by atoms with Crippen molar-refractivity contribution < 1.29 is 9.53 Å². The average molecular weight is 237 g/mol. The van der Waals surface area contributed by atoms with Gasteiger partial charge in [0, 0.05) is 0 Å². The molecule has 1 unspecified atom stereocenters. The molecule has 0 aromatic rings. The molecule has 0 spiro atoms. The number of hydrogen-bond acceptors (Lipinski definition) is 2. The van der Waals surface area contributed by atoms with Crippen molar-refractivity contribution in [1.82, 2.24) is 0 Å². The Morgan fingerprint density at radius 2 is 1.73 bits per heavy atom. The van der Waals surface area contributed by atoms with Gasteiger partial charge in [0.1, 0.15) is 0 Å². The fourth-order valence-corrected chi connectivity index (χ4v) is 1.65. The summed E-state index contributed by atoms with van der Waals surface area (Å²) in [5.41, 5.74) is 0.